The van der Waals surface area contributed by atoms with Gasteiger partial charge in [0.05, 0.1) is 6.04 Å². The second kappa shape index (κ2) is 7.43. The van der Waals surface area contributed by atoms with Crippen LogP contribution in [0.5, 0.6) is 0 Å². The average Bonchev–Trinajstić information content (AvgIpc) is 2.62. The van der Waals surface area contributed by atoms with Crippen LogP contribution in [0.25, 0.3) is 0 Å². The molecule has 1 atom stereocenters. The summed E-state index contributed by atoms with van der Waals surface area (Å²) in [5.41, 5.74) is 8.42. The summed E-state index contributed by atoms with van der Waals surface area (Å²) in [5.74, 6) is 0.0326. The Balaban J connectivity index is 1.82. The van der Waals surface area contributed by atoms with Gasteiger partial charge in [-0.25, -0.2) is 0 Å². The highest BCUT2D eigenvalue weighted by atomic mass is 16.1. The van der Waals surface area contributed by atoms with E-state index in [4.69, 9.17) is 0 Å². The average molecular weight is 335 g/mol. The number of benzene rings is 2. The van der Waals surface area contributed by atoms with Crippen LogP contribution in [0.3, 0.4) is 0 Å². The Morgan fingerprint density at radius 1 is 0.960 bits per heavy atom. The molecule has 2 nitrogen and oxygen atoms in total. The largest absolute Gasteiger partial charge is 0.345 e. The zero-order valence-corrected chi connectivity index (χ0v) is 15.9. The lowest BCUT2D eigenvalue weighted by Crippen LogP contribution is -2.29. The molecule has 0 aromatic heterocycles. The second-order valence-electron chi connectivity index (χ2n) is 7.42. The fourth-order valence-corrected chi connectivity index (χ4v) is 3.83. The number of amides is 1. The van der Waals surface area contributed by atoms with Gasteiger partial charge in [-0.1, -0.05) is 31.2 Å². The fourth-order valence-electron chi connectivity index (χ4n) is 3.83. The molecule has 1 N–H and O–H groups in total. The van der Waals surface area contributed by atoms with Gasteiger partial charge >= 0.3 is 0 Å². The lowest BCUT2D eigenvalue weighted by atomic mass is 9.88. The molecule has 1 aliphatic rings. The number of carbonyl (C=O) groups is 1. The van der Waals surface area contributed by atoms with E-state index in [-0.39, 0.29) is 11.9 Å². The van der Waals surface area contributed by atoms with Crippen LogP contribution in [0.1, 0.15) is 76.0 Å². The lowest BCUT2D eigenvalue weighted by molar-refractivity contribution is 0.0935. The van der Waals surface area contributed by atoms with Crippen molar-refractivity contribution in [3.63, 3.8) is 0 Å². The number of rotatable bonds is 4. The van der Waals surface area contributed by atoms with Crippen LogP contribution in [-0.4, -0.2) is 5.91 Å². The molecular weight excluding hydrogens is 306 g/mol. The number of nitrogens with one attached hydrogen (secondary N) is 1. The summed E-state index contributed by atoms with van der Waals surface area (Å²) < 4.78 is 0. The molecule has 25 heavy (non-hydrogen) atoms. The highest BCUT2D eigenvalue weighted by Gasteiger charge is 2.18. The van der Waals surface area contributed by atoms with Crippen LogP contribution in [0.4, 0.5) is 0 Å². The number of hydrogen-bond acceptors (Lipinski definition) is 1. The Labute approximate surface area is 151 Å². The molecule has 1 amide bonds. The third kappa shape index (κ3) is 3.78. The van der Waals surface area contributed by atoms with E-state index in [1.165, 1.54) is 47.9 Å². The van der Waals surface area contributed by atoms with Gasteiger partial charge in [0, 0.05) is 5.56 Å². The molecular formula is C23H29NO. The first-order chi connectivity index (χ1) is 12.0. The normalized spacial score (nSPS) is 14.7. The van der Waals surface area contributed by atoms with Crippen molar-refractivity contribution in [2.45, 2.75) is 65.8 Å². The van der Waals surface area contributed by atoms with Gasteiger partial charge in [0.1, 0.15) is 0 Å². The summed E-state index contributed by atoms with van der Waals surface area (Å²) >= 11 is 0. The van der Waals surface area contributed by atoms with Crippen molar-refractivity contribution in [1.29, 1.82) is 0 Å². The second-order valence-corrected chi connectivity index (χ2v) is 7.42. The van der Waals surface area contributed by atoms with Crippen LogP contribution in [0, 0.1) is 20.8 Å². The first kappa shape index (κ1) is 17.7. The molecule has 0 heterocycles. The summed E-state index contributed by atoms with van der Waals surface area (Å²) in [7, 11) is 0. The molecule has 132 valence electrons. The Bertz CT molecular complexity index is 791. The Morgan fingerprint density at radius 2 is 1.64 bits per heavy atom. The summed E-state index contributed by atoms with van der Waals surface area (Å²) in [6, 6.07) is 11.0. The Morgan fingerprint density at radius 3 is 2.36 bits per heavy atom. The molecule has 0 aliphatic heterocycles. The third-order valence-electron chi connectivity index (χ3n) is 5.57. The first-order valence-corrected chi connectivity index (χ1v) is 9.50. The monoisotopic (exact) mass is 335 g/mol. The van der Waals surface area contributed by atoms with E-state index in [1.807, 2.05) is 13.0 Å². The lowest BCUT2D eigenvalue weighted by Gasteiger charge is -2.22. The summed E-state index contributed by atoms with van der Waals surface area (Å²) in [6.45, 7) is 8.30. The van der Waals surface area contributed by atoms with E-state index in [2.05, 4.69) is 50.4 Å². The van der Waals surface area contributed by atoms with Gasteiger partial charge in [-0.05, 0) is 92.3 Å². The standard InChI is InChI=1S/C23H29NO/c1-5-22(20-11-10-18-8-6-7-9-19(18)14-20)24-23(25)21-13-16(3)15(2)12-17(21)4/h10-14,22H,5-9H2,1-4H3,(H,24,25)/t22-/m1/s1. The zero-order chi connectivity index (χ0) is 18.0. The Hall–Kier alpha value is -2.09. The van der Waals surface area contributed by atoms with Crippen LogP contribution >= 0.6 is 0 Å². The highest BCUT2D eigenvalue weighted by molar-refractivity contribution is 5.96. The van der Waals surface area contributed by atoms with E-state index in [9.17, 15) is 4.79 Å². The van der Waals surface area contributed by atoms with Crippen molar-refractivity contribution in [2.24, 2.45) is 0 Å². The van der Waals surface area contributed by atoms with E-state index in [0.29, 0.717) is 0 Å². The van der Waals surface area contributed by atoms with Crippen molar-refractivity contribution in [3.05, 3.63) is 69.3 Å². The van der Waals surface area contributed by atoms with Gasteiger partial charge in [-0.3, -0.25) is 4.79 Å². The third-order valence-corrected chi connectivity index (χ3v) is 5.57. The molecule has 2 aromatic rings. The maximum Gasteiger partial charge on any atom is 0.252 e. The molecule has 3 rings (SSSR count). The van der Waals surface area contributed by atoms with Gasteiger partial charge in [0.2, 0.25) is 0 Å². The molecule has 0 bridgehead atoms. The molecule has 0 radical (unpaired) electrons. The van der Waals surface area contributed by atoms with Crippen molar-refractivity contribution >= 4 is 5.91 Å². The van der Waals surface area contributed by atoms with Gasteiger partial charge in [0.25, 0.3) is 5.91 Å². The smallest absolute Gasteiger partial charge is 0.252 e. The predicted octanol–water partition coefficient (Wildman–Crippen LogP) is 5.37. The quantitative estimate of drug-likeness (QED) is 0.799. The molecule has 1 aliphatic carbocycles. The molecule has 2 heteroatoms. The minimum absolute atomic E-state index is 0.0326. The number of hydrogen-bond donors (Lipinski definition) is 1. The summed E-state index contributed by atoms with van der Waals surface area (Å²) in [4.78, 5) is 12.8. The molecule has 0 spiro atoms. The number of aryl methyl sites for hydroxylation is 5. The van der Waals surface area contributed by atoms with E-state index in [0.717, 1.165) is 23.1 Å². The first-order valence-electron chi connectivity index (χ1n) is 9.50. The van der Waals surface area contributed by atoms with Crippen LogP contribution in [0.15, 0.2) is 30.3 Å². The minimum atomic E-state index is 0.0326. The topological polar surface area (TPSA) is 29.1 Å². The molecule has 2 aromatic carbocycles. The predicted molar refractivity (Wildman–Crippen MR) is 104 cm³/mol. The van der Waals surface area contributed by atoms with E-state index in [1.54, 1.807) is 0 Å². The molecule has 0 saturated carbocycles. The number of carbonyl (C=O) groups excluding carboxylic acids is 1. The van der Waals surface area contributed by atoms with Crippen molar-refractivity contribution in [1.82, 2.24) is 5.32 Å². The number of fused-ring (bicyclic) bond motifs is 1. The SMILES string of the molecule is CC[C@@H](NC(=O)c1cc(C)c(C)cc1C)c1ccc2c(c1)CCCC2. The zero-order valence-electron chi connectivity index (χ0n) is 15.9. The van der Waals surface area contributed by atoms with Crippen LogP contribution < -0.4 is 5.32 Å². The maximum absolute atomic E-state index is 12.8. The maximum atomic E-state index is 12.8. The summed E-state index contributed by atoms with van der Waals surface area (Å²) in [6.07, 6.45) is 5.84. The van der Waals surface area contributed by atoms with Gasteiger partial charge < -0.3 is 5.32 Å². The highest BCUT2D eigenvalue weighted by Crippen LogP contribution is 2.26. The molecule has 0 saturated heterocycles. The van der Waals surface area contributed by atoms with Crippen molar-refractivity contribution in [3.8, 4) is 0 Å². The minimum Gasteiger partial charge on any atom is -0.345 e. The van der Waals surface area contributed by atoms with Crippen molar-refractivity contribution < 1.29 is 4.79 Å². The van der Waals surface area contributed by atoms with Crippen LogP contribution in [-0.2, 0) is 12.8 Å². The van der Waals surface area contributed by atoms with Crippen molar-refractivity contribution in [2.75, 3.05) is 0 Å². The van der Waals surface area contributed by atoms with Gasteiger partial charge in [-0.2, -0.15) is 0 Å². The van der Waals surface area contributed by atoms with E-state index < -0.39 is 0 Å². The van der Waals surface area contributed by atoms with Gasteiger partial charge in [0.15, 0.2) is 0 Å². The Kier molecular flexibility index (Phi) is 5.27. The van der Waals surface area contributed by atoms with Crippen LogP contribution in [0.2, 0.25) is 0 Å². The van der Waals surface area contributed by atoms with E-state index >= 15 is 0 Å². The molecule has 0 unspecified atom stereocenters. The summed E-state index contributed by atoms with van der Waals surface area (Å²) in [5, 5.41) is 3.25. The fraction of sp³-hybridized carbons (Fsp3) is 0.435. The molecule has 0 fully saturated rings. The van der Waals surface area contributed by atoms with Gasteiger partial charge in [-0.15, -0.1) is 0 Å².